The molecule has 1 aromatic heterocycles. The lowest BCUT2D eigenvalue weighted by Crippen LogP contribution is -2.08. The normalized spacial score (nSPS) is 9.82. The van der Waals surface area contributed by atoms with E-state index in [4.69, 9.17) is 6.42 Å². The van der Waals surface area contributed by atoms with E-state index in [1.807, 2.05) is 30.3 Å². The first-order valence-electron chi connectivity index (χ1n) is 5.43. The molecular formula is C12H13N5. The number of tetrazole rings is 1. The fourth-order valence-corrected chi connectivity index (χ4v) is 1.43. The summed E-state index contributed by atoms with van der Waals surface area (Å²) < 4.78 is 1.66. The molecule has 17 heavy (non-hydrogen) atoms. The van der Waals surface area contributed by atoms with Gasteiger partial charge in [0.15, 0.2) is 0 Å². The van der Waals surface area contributed by atoms with Gasteiger partial charge in [-0.05, 0) is 29.0 Å². The van der Waals surface area contributed by atoms with Gasteiger partial charge in [0.25, 0.3) is 0 Å². The van der Waals surface area contributed by atoms with E-state index in [1.165, 1.54) is 0 Å². The number of unbranched alkanes of at least 4 members (excludes halogenated alkanes) is 1. The summed E-state index contributed by atoms with van der Waals surface area (Å²) >= 11 is 0. The van der Waals surface area contributed by atoms with Crippen molar-refractivity contribution in [2.24, 2.45) is 0 Å². The Bertz CT molecular complexity index is 497. The Morgan fingerprint density at radius 2 is 2.12 bits per heavy atom. The van der Waals surface area contributed by atoms with Gasteiger partial charge in [-0.3, -0.25) is 0 Å². The highest BCUT2D eigenvalue weighted by Gasteiger charge is 2.05. The van der Waals surface area contributed by atoms with E-state index in [9.17, 15) is 0 Å². The first-order chi connectivity index (χ1) is 8.42. The van der Waals surface area contributed by atoms with Crippen molar-refractivity contribution in [3.05, 3.63) is 30.3 Å². The molecule has 0 aliphatic rings. The summed E-state index contributed by atoms with van der Waals surface area (Å²) in [6.07, 6.45) is 6.84. The third-order valence-corrected chi connectivity index (χ3v) is 2.25. The Kier molecular flexibility index (Phi) is 3.71. The van der Waals surface area contributed by atoms with Crippen LogP contribution in [-0.4, -0.2) is 26.8 Å². The maximum atomic E-state index is 5.19. The molecule has 0 unspecified atom stereocenters. The molecule has 2 rings (SSSR count). The van der Waals surface area contributed by atoms with Gasteiger partial charge in [-0.15, -0.1) is 12.3 Å². The van der Waals surface area contributed by atoms with Crippen LogP contribution in [0.5, 0.6) is 0 Å². The predicted molar refractivity (Wildman–Crippen MR) is 65.7 cm³/mol. The minimum absolute atomic E-state index is 0.633. The van der Waals surface area contributed by atoms with Crippen LogP contribution in [0.2, 0.25) is 0 Å². The van der Waals surface area contributed by atoms with Crippen LogP contribution in [0.25, 0.3) is 5.69 Å². The molecule has 0 atom stereocenters. The van der Waals surface area contributed by atoms with Gasteiger partial charge in [0, 0.05) is 13.0 Å². The van der Waals surface area contributed by atoms with Crippen LogP contribution in [0.1, 0.15) is 12.8 Å². The highest BCUT2D eigenvalue weighted by atomic mass is 15.6. The van der Waals surface area contributed by atoms with Crippen molar-refractivity contribution in [3.63, 3.8) is 0 Å². The molecule has 0 saturated carbocycles. The molecular weight excluding hydrogens is 214 g/mol. The Morgan fingerprint density at radius 1 is 1.29 bits per heavy atom. The zero-order chi connectivity index (χ0) is 11.9. The van der Waals surface area contributed by atoms with E-state index < -0.39 is 0 Å². The van der Waals surface area contributed by atoms with Gasteiger partial charge < -0.3 is 5.32 Å². The molecule has 5 heteroatoms. The van der Waals surface area contributed by atoms with Crippen molar-refractivity contribution in [1.82, 2.24) is 20.2 Å². The maximum Gasteiger partial charge on any atom is 0.247 e. The number of benzene rings is 1. The van der Waals surface area contributed by atoms with Crippen LogP contribution < -0.4 is 5.32 Å². The summed E-state index contributed by atoms with van der Waals surface area (Å²) in [4.78, 5) is 0. The highest BCUT2D eigenvalue weighted by Crippen LogP contribution is 2.10. The summed E-state index contributed by atoms with van der Waals surface area (Å²) in [5.74, 6) is 3.23. The van der Waals surface area contributed by atoms with Crippen LogP contribution in [0.3, 0.4) is 0 Å². The second-order valence-electron chi connectivity index (χ2n) is 3.48. The molecule has 0 saturated heterocycles. The minimum Gasteiger partial charge on any atom is -0.353 e. The number of hydrogen-bond acceptors (Lipinski definition) is 4. The van der Waals surface area contributed by atoms with E-state index >= 15 is 0 Å². The molecule has 0 amide bonds. The smallest absolute Gasteiger partial charge is 0.247 e. The standard InChI is InChI=1S/C12H13N5/c1-2-3-7-10-13-12-14-15-16-17(12)11-8-5-4-6-9-11/h1,4-6,8-9H,3,7,10H2,(H,13,14,16). The topological polar surface area (TPSA) is 55.6 Å². The number of hydrogen-bond donors (Lipinski definition) is 1. The zero-order valence-corrected chi connectivity index (χ0v) is 9.37. The average molecular weight is 227 g/mol. The predicted octanol–water partition coefficient (Wildman–Crippen LogP) is 1.49. The Hall–Kier alpha value is -2.35. The molecule has 0 spiro atoms. The largest absolute Gasteiger partial charge is 0.353 e. The van der Waals surface area contributed by atoms with Crippen molar-refractivity contribution in [2.75, 3.05) is 11.9 Å². The van der Waals surface area contributed by atoms with Gasteiger partial charge >= 0.3 is 0 Å². The molecule has 86 valence electrons. The van der Waals surface area contributed by atoms with Crippen molar-refractivity contribution in [3.8, 4) is 18.0 Å². The number of nitrogens with zero attached hydrogens (tertiary/aromatic N) is 4. The monoisotopic (exact) mass is 227 g/mol. The second kappa shape index (κ2) is 5.66. The van der Waals surface area contributed by atoms with Crippen molar-refractivity contribution < 1.29 is 0 Å². The first kappa shape index (κ1) is 11.1. The summed E-state index contributed by atoms with van der Waals surface area (Å²) in [5, 5.41) is 14.7. The quantitative estimate of drug-likeness (QED) is 0.621. The molecule has 0 aliphatic carbocycles. The van der Waals surface area contributed by atoms with Gasteiger partial charge in [-0.25, -0.2) is 0 Å². The van der Waals surface area contributed by atoms with E-state index in [2.05, 4.69) is 26.8 Å². The van der Waals surface area contributed by atoms with Crippen LogP contribution in [0, 0.1) is 12.3 Å². The van der Waals surface area contributed by atoms with Gasteiger partial charge in [0.05, 0.1) is 5.69 Å². The van der Waals surface area contributed by atoms with Crippen LogP contribution >= 0.6 is 0 Å². The van der Waals surface area contributed by atoms with Gasteiger partial charge in [-0.1, -0.05) is 23.3 Å². The van der Waals surface area contributed by atoms with Gasteiger partial charge in [0.2, 0.25) is 5.95 Å². The SMILES string of the molecule is C#CCCCNc1nnnn1-c1ccccc1. The number of rotatable bonds is 5. The summed E-state index contributed by atoms with van der Waals surface area (Å²) in [6, 6.07) is 9.73. The fraction of sp³-hybridized carbons (Fsp3) is 0.250. The number of anilines is 1. The number of terminal acetylenes is 1. The molecule has 0 aliphatic heterocycles. The Morgan fingerprint density at radius 3 is 2.88 bits per heavy atom. The molecule has 5 nitrogen and oxygen atoms in total. The minimum atomic E-state index is 0.633. The fourth-order valence-electron chi connectivity index (χ4n) is 1.43. The van der Waals surface area contributed by atoms with E-state index in [0.29, 0.717) is 5.95 Å². The summed E-state index contributed by atoms with van der Waals surface area (Å²) in [7, 11) is 0. The molecule has 1 aromatic carbocycles. The molecule has 2 aromatic rings. The van der Waals surface area contributed by atoms with Gasteiger partial charge in [0.1, 0.15) is 0 Å². The molecule has 0 bridgehead atoms. The highest BCUT2D eigenvalue weighted by molar-refractivity contribution is 5.38. The Labute approximate surface area is 99.8 Å². The van der Waals surface area contributed by atoms with E-state index in [-0.39, 0.29) is 0 Å². The Balaban J connectivity index is 2.05. The second-order valence-corrected chi connectivity index (χ2v) is 3.48. The number of para-hydroxylation sites is 1. The molecule has 1 heterocycles. The lowest BCUT2D eigenvalue weighted by atomic mass is 10.3. The van der Waals surface area contributed by atoms with Gasteiger partial charge in [-0.2, -0.15) is 4.68 Å². The third-order valence-electron chi connectivity index (χ3n) is 2.25. The lowest BCUT2D eigenvalue weighted by molar-refractivity contribution is 0.787. The third kappa shape index (κ3) is 2.82. The average Bonchev–Trinajstić information content (AvgIpc) is 2.84. The summed E-state index contributed by atoms with van der Waals surface area (Å²) in [5.41, 5.74) is 0.928. The van der Waals surface area contributed by atoms with Crippen LogP contribution in [0.15, 0.2) is 30.3 Å². The number of nitrogens with one attached hydrogen (secondary N) is 1. The molecule has 0 radical (unpaired) electrons. The van der Waals surface area contributed by atoms with E-state index in [0.717, 1.165) is 25.1 Å². The first-order valence-corrected chi connectivity index (χ1v) is 5.43. The van der Waals surface area contributed by atoms with Crippen LogP contribution in [-0.2, 0) is 0 Å². The molecule has 1 N–H and O–H groups in total. The molecule has 0 fully saturated rings. The lowest BCUT2D eigenvalue weighted by Gasteiger charge is -2.05. The van der Waals surface area contributed by atoms with Crippen molar-refractivity contribution >= 4 is 5.95 Å². The summed E-state index contributed by atoms with van der Waals surface area (Å²) in [6.45, 7) is 0.761. The van der Waals surface area contributed by atoms with Crippen molar-refractivity contribution in [2.45, 2.75) is 12.8 Å². The zero-order valence-electron chi connectivity index (χ0n) is 9.37. The number of aromatic nitrogens is 4. The van der Waals surface area contributed by atoms with Crippen LogP contribution in [0.4, 0.5) is 5.95 Å². The van der Waals surface area contributed by atoms with Crippen molar-refractivity contribution in [1.29, 1.82) is 0 Å². The van der Waals surface area contributed by atoms with E-state index in [1.54, 1.807) is 4.68 Å². The maximum absolute atomic E-state index is 5.19.